The largest absolute Gasteiger partial charge is 0.394 e. The lowest BCUT2D eigenvalue weighted by Gasteiger charge is -2.70. The molecule has 0 atom stereocenters. The summed E-state index contributed by atoms with van der Waals surface area (Å²) in [5.41, 5.74) is -1.08. The van der Waals surface area contributed by atoms with Crippen molar-refractivity contribution in [3.63, 3.8) is 0 Å². The molecule has 0 unspecified atom stereocenters. The quantitative estimate of drug-likeness (QED) is 0.834. The van der Waals surface area contributed by atoms with E-state index in [1.807, 2.05) is 6.26 Å². The number of rotatable bonds is 4. The van der Waals surface area contributed by atoms with Crippen molar-refractivity contribution in [2.45, 2.75) is 31.0 Å². The molecule has 3 fully saturated rings. The molecule has 0 spiro atoms. The van der Waals surface area contributed by atoms with Crippen LogP contribution in [0.15, 0.2) is 24.3 Å². The van der Waals surface area contributed by atoms with Crippen molar-refractivity contribution in [1.29, 1.82) is 0 Å². The number of carbonyl (C=O) groups is 1. The van der Waals surface area contributed by atoms with Crippen molar-refractivity contribution < 1.29 is 18.0 Å². The van der Waals surface area contributed by atoms with Crippen LogP contribution in [0, 0.1) is 5.41 Å². The summed E-state index contributed by atoms with van der Waals surface area (Å²) < 4.78 is 41.4. The van der Waals surface area contributed by atoms with E-state index in [0.717, 1.165) is 0 Å². The lowest BCUT2D eigenvalue weighted by molar-refractivity contribution is -0.336. The minimum Gasteiger partial charge on any atom is -0.346 e. The predicted octanol–water partition coefficient (Wildman–Crippen LogP) is 3.59. The molecule has 4 rings (SSSR count). The first-order valence-electron chi connectivity index (χ1n) is 6.58. The summed E-state index contributed by atoms with van der Waals surface area (Å²) in [5, 5.41) is 2.78. The first-order valence-corrected chi connectivity index (χ1v) is 7.81. The molecule has 0 radical (unpaired) electrons. The first-order chi connectivity index (χ1) is 9.81. The lowest BCUT2D eigenvalue weighted by atomic mass is 9.39. The molecule has 0 heterocycles. The van der Waals surface area contributed by atoms with Gasteiger partial charge in [0.15, 0.2) is 0 Å². The van der Waals surface area contributed by atoms with E-state index in [2.05, 4.69) is 10.0 Å². The number of hydrogen-bond acceptors (Lipinski definition) is 3. The maximum atomic E-state index is 12.8. The van der Waals surface area contributed by atoms with Crippen LogP contribution in [-0.2, 0) is 0 Å². The molecule has 0 saturated heterocycles. The van der Waals surface area contributed by atoms with E-state index in [1.54, 1.807) is 24.3 Å². The summed E-state index contributed by atoms with van der Waals surface area (Å²) >= 11 is 1.36. The molecule has 21 heavy (non-hydrogen) atoms. The van der Waals surface area contributed by atoms with Crippen LogP contribution in [0.4, 0.5) is 18.9 Å². The SMILES string of the molecule is CSNc1ccccc1C(=O)NC12CC(C(F)(F)F)(C1)C2. The molecule has 1 aromatic carbocycles. The van der Waals surface area contributed by atoms with Crippen LogP contribution in [-0.4, -0.2) is 23.9 Å². The second-order valence-corrected chi connectivity index (χ2v) is 6.51. The summed E-state index contributed by atoms with van der Waals surface area (Å²) in [5.74, 6) is -0.317. The Morgan fingerprint density at radius 1 is 1.24 bits per heavy atom. The fourth-order valence-electron chi connectivity index (χ4n) is 3.41. The lowest BCUT2D eigenvalue weighted by Crippen LogP contribution is -2.78. The zero-order valence-corrected chi connectivity index (χ0v) is 12.2. The molecule has 0 aliphatic heterocycles. The number of nitrogens with one attached hydrogen (secondary N) is 2. The van der Waals surface area contributed by atoms with E-state index in [0.29, 0.717) is 11.3 Å². The van der Waals surface area contributed by atoms with Gasteiger partial charge in [-0.3, -0.25) is 4.79 Å². The van der Waals surface area contributed by atoms with Gasteiger partial charge in [-0.25, -0.2) is 0 Å². The van der Waals surface area contributed by atoms with Crippen molar-refractivity contribution in [2.24, 2.45) is 5.41 Å². The number of carbonyl (C=O) groups excluding carboxylic acids is 1. The van der Waals surface area contributed by atoms with Crippen molar-refractivity contribution in [2.75, 3.05) is 11.0 Å². The number of benzene rings is 1. The highest BCUT2D eigenvalue weighted by atomic mass is 32.2. The van der Waals surface area contributed by atoms with E-state index in [1.165, 1.54) is 11.9 Å². The highest BCUT2D eigenvalue weighted by Gasteiger charge is 2.78. The first kappa shape index (κ1) is 14.6. The maximum Gasteiger partial charge on any atom is 0.394 e. The molecule has 3 aliphatic carbocycles. The fraction of sp³-hybridized carbons (Fsp3) is 0.500. The minimum absolute atomic E-state index is 0.00730. The standard InChI is InChI=1S/C14H15F3N2OS/c1-21-19-10-5-3-2-4-9(10)11(20)18-13-6-12(7-13,8-13)14(15,16)17/h2-5,19H,6-8H2,1H3,(H,18,20). The van der Waals surface area contributed by atoms with Crippen LogP contribution in [0.25, 0.3) is 0 Å². The minimum atomic E-state index is -4.15. The Bertz CT molecular complexity index is 568. The molecule has 3 nitrogen and oxygen atoms in total. The molecule has 3 aliphatic rings. The Hall–Kier alpha value is -1.37. The monoisotopic (exact) mass is 316 g/mol. The van der Waals surface area contributed by atoms with E-state index in [9.17, 15) is 18.0 Å². The van der Waals surface area contributed by atoms with Crippen LogP contribution in [0.5, 0.6) is 0 Å². The van der Waals surface area contributed by atoms with Crippen molar-refractivity contribution in [3.8, 4) is 0 Å². The van der Waals surface area contributed by atoms with E-state index in [-0.39, 0.29) is 25.2 Å². The number of hydrogen-bond donors (Lipinski definition) is 2. The molecule has 2 bridgehead atoms. The summed E-state index contributed by atoms with van der Waals surface area (Å²) in [4.78, 5) is 12.3. The Balaban J connectivity index is 1.68. The Morgan fingerprint density at radius 3 is 2.43 bits per heavy atom. The summed E-state index contributed by atoms with van der Waals surface area (Å²) in [6, 6.07) is 6.97. The van der Waals surface area contributed by atoms with Crippen LogP contribution in [0.1, 0.15) is 29.6 Å². The zero-order valence-electron chi connectivity index (χ0n) is 11.4. The Morgan fingerprint density at radius 2 is 1.86 bits per heavy atom. The maximum absolute atomic E-state index is 12.8. The Labute approximate surface area is 124 Å². The molecule has 114 valence electrons. The van der Waals surface area contributed by atoms with Gasteiger partial charge in [-0.05, 0) is 31.4 Å². The molecule has 1 aromatic rings. The molecule has 0 aromatic heterocycles. The number of para-hydroxylation sites is 1. The van der Waals surface area contributed by atoms with Gasteiger partial charge in [0.05, 0.1) is 16.7 Å². The Kier molecular flexibility index (Phi) is 3.16. The second kappa shape index (κ2) is 4.56. The average Bonchev–Trinajstić information content (AvgIpc) is 2.31. The van der Waals surface area contributed by atoms with Gasteiger partial charge in [0, 0.05) is 11.8 Å². The highest BCUT2D eigenvalue weighted by Crippen LogP contribution is 2.73. The third-order valence-corrected chi connectivity index (χ3v) is 4.82. The van der Waals surface area contributed by atoms with Crippen molar-refractivity contribution >= 4 is 23.5 Å². The van der Waals surface area contributed by atoms with Crippen LogP contribution in [0.3, 0.4) is 0 Å². The predicted molar refractivity (Wildman–Crippen MR) is 76.1 cm³/mol. The zero-order chi connectivity index (χ0) is 15.3. The smallest absolute Gasteiger partial charge is 0.346 e. The molecule has 2 N–H and O–H groups in total. The number of amides is 1. The van der Waals surface area contributed by atoms with E-state index >= 15 is 0 Å². The number of halogens is 3. The fourth-order valence-corrected chi connectivity index (χ4v) is 3.81. The summed E-state index contributed by atoms with van der Waals surface area (Å²) in [6.45, 7) is 0. The molecular formula is C14H15F3N2OS. The molecule has 1 amide bonds. The van der Waals surface area contributed by atoms with Gasteiger partial charge < -0.3 is 10.0 Å². The number of anilines is 1. The van der Waals surface area contributed by atoms with Gasteiger partial charge in [-0.15, -0.1) is 0 Å². The molecule has 7 heteroatoms. The topological polar surface area (TPSA) is 41.1 Å². The van der Waals surface area contributed by atoms with Gasteiger partial charge >= 0.3 is 6.18 Å². The van der Waals surface area contributed by atoms with Gasteiger partial charge in [-0.2, -0.15) is 13.2 Å². The van der Waals surface area contributed by atoms with E-state index in [4.69, 9.17) is 0 Å². The second-order valence-electron chi connectivity index (χ2n) is 5.89. The average molecular weight is 316 g/mol. The highest BCUT2D eigenvalue weighted by molar-refractivity contribution is 7.99. The van der Waals surface area contributed by atoms with Crippen LogP contribution in [0.2, 0.25) is 0 Å². The number of alkyl halides is 3. The van der Waals surface area contributed by atoms with Gasteiger partial charge in [0.25, 0.3) is 5.91 Å². The molecular weight excluding hydrogens is 301 g/mol. The molecule has 3 saturated carbocycles. The van der Waals surface area contributed by atoms with Crippen molar-refractivity contribution in [3.05, 3.63) is 29.8 Å². The van der Waals surface area contributed by atoms with Gasteiger partial charge in [-0.1, -0.05) is 24.1 Å². The van der Waals surface area contributed by atoms with Gasteiger partial charge in [0.2, 0.25) is 0 Å². The normalized spacial score (nSPS) is 30.1. The van der Waals surface area contributed by atoms with Gasteiger partial charge in [0.1, 0.15) is 0 Å². The third-order valence-electron chi connectivity index (χ3n) is 4.39. The van der Waals surface area contributed by atoms with Crippen LogP contribution >= 0.6 is 11.9 Å². The van der Waals surface area contributed by atoms with E-state index < -0.39 is 17.1 Å². The third kappa shape index (κ3) is 2.18. The summed E-state index contributed by atoms with van der Waals surface area (Å²) in [7, 11) is 0. The van der Waals surface area contributed by atoms with Crippen molar-refractivity contribution in [1.82, 2.24) is 5.32 Å². The summed E-state index contributed by atoms with van der Waals surface area (Å²) in [6.07, 6.45) is -2.30. The van der Waals surface area contributed by atoms with Crippen LogP contribution < -0.4 is 10.0 Å².